The molecule has 1 aromatic heterocycles. The van der Waals surface area contributed by atoms with E-state index in [9.17, 15) is 4.79 Å². The predicted molar refractivity (Wildman–Crippen MR) is 102 cm³/mol. The number of carbonyl (C=O) groups is 1. The normalized spacial score (nSPS) is 13.6. The minimum atomic E-state index is -0.217. The van der Waals surface area contributed by atoms with Crippen molar-refractivity contribution in [3.05, 3.63) is 52.3 Å². The molecule has 0 spiro atoms. The molecule has 3 rings (SSSR count). The first-order valence-electron chi connectivity index (χ1n) is 7.97. The van der Waals surface area contributed by atoms with Crippen molar-refractivity contribution >= 4 is 35.6 Å². The lowest BCUT2D eigenvalue weighted by Crippen LogP contribution is -2.27. The fourth-order valence-electron chi connectivity index (χ4n) is 2.75. The number of ether oxygens (including phenoxy) is 1. The van der Waals surface area contributed by atoms with Gasteiger partial charge in [-0.2, -0.15) is 0 Å². The number of pyridine rings is 1. The standard InChI is InChI=1S/C18H20ClN3O2.ClH/c1-3-24-17-5-4-12(9-15(17)19)18(23)21-14-8-13-11-22(2)7-6-16(13)20-10-14;/h4-5,8-10H,3,6-7,11H2,1-2H3,(H,21,23);1H. The van der Waals surface area contributed by atoms with Gasteiger partial charge in [0.1, 0.15) is 5.75 Å². The summed E-state index contributed by atoms with van der Waals surface area (Å²) in [7, 11) is 2.08. The van der Waals surface area contributed by atoms with Crippen LogP contribution in [0.3, 0.4) is 0 Å². The molecule has 7 heteroatoms. The summed E-state index contributed by atoms with van der Waals surface area (Å²) in [5, 5.41) is 3.31. The zero-order valence-electron chi connectivity index (χ0n) is 14.2. The van der Waals surface area contributed by atoms with Crippen LogP contribution in [0.5, 0.6) is 5.75 Å². The molecule has 0 saturated carbocycles. The van der Waals surface area contributed by atoms with Crippen LogP contribution in [0.15, 0.2) is 30.5 Å². The molecule has 1 amide bonds. The van der Waals surface area contributed by atoms with Gasteiger partial charge in [-0.25, -0.2) is 0 Å². The van der Waals surface area contributed by atoms with Gasteiger partial charge in [-0.1, -0.05) is 11.6 Å². The van der Waals surface area contributed by atoms with Crippen molar-refractivity contribution in [2.45, 2.75) is 19.9 Å². The number of likely N-dealkylation sites (N-methyl/N-ethyl adjacent to an activating group) is 1. The first kappa shape index (κ1) is 19.5. The molecule has 1 aromatic carbocycles. The van der Waals surface area contributed by atoms with Gasteiger partial charge in [0.05, 0.1) is 23.5 Å². The number of rotatable bonds is 4. The highest BCUT2D eigenvalue weighted by molar-refractivity contribution is 6.32. The molecule has 0 atom stereocenters. The molecule has 0 saturated heterocycles. The Bertz CT molecular complexity index is 768. The molecule has 2 heterocycles. The Morgan fingerprint density at radius 2 is 2.20 bits per heavy atom. The minimum absolute atomic E-state index is 0. The van der Waals surface area contributed by atoms with E-state index in [1.165, 1.54) is 0 Å². The Labute approximate surface area is 158 Å². The third-order valence-corrected chi connectivity index (χ3v) is 4.28. The van der Waals surface area contributed by atoms with Crippen LogP contribution in [0.2, 0.25) is 5.02 Å². The first-order valence-corrected chi connectivity index (χ1v) is 8.34. The molecular weight excluding hydrogens is 361 g/mol. The second-order valence-electron chi connectivity index (χ2n) is 5.85. The van der Waals surface area contributed by atoms with Crippen molar-refractivity contribution in [1.82, 2.24) is 9.88 Å². The van der Waals surface area contributed by atoms with Gasteiger partial charge < -0.3 is 15.0 Å². The Morgan fingerprint density at radius 1 is 1.40 bits per heavy atom. The van der Waals surface area contributed by atoms with E-state index in [1.54, 1.807) is 24.4 Å². The summed E-state index contributed by atoms with van der Waals surface area (Å²) in [6, 6.07) is 7.01. The summed E-state index contributed by atoms with van der Waals surface area (Å²) in [5.41, 5.74) is 3.44. The lowest BCUT2D eigenvalue weighted by molar-refractivity contribution is 0.102. The van der Waals surface area contributed by atoms with Crippen LogP contribution in [-0.2, 0) is 13.0 Å². The molecule has 134 valence electrons. The molecule has 0 aliphatic carbocycles. The molecular formula is C18H21Cl2N3O2. The van der Waals surface area contributed by atoms with Crippen LogP contribution < -0.4 is 10.1 Å². The molecule has 0 bridgehead atoms. The maximum absolute atomic E-state index is 12.4. The largest absolute Gasteiger partial charge is 0.492 e. The van der Waals surface area contributed by atoms with Crippen LogP contribution in [0.25, 0.3) is 0 Å². The highest BCUT2D eigenvalue weighted by Crippen LogP contribution is 2.26. The summed E-state index contributed by atoms with van der Waals surface area (Å²) in [6.07, 6.45) is 2.65. The van der Waals surface area contributed by atoms with Crippen molar-refractivity contribution in [1.29, 1.82) is 0 Å². The van der Waals surface area contributed by atoms with E-state index in [0.717, 1.165) is 30.8 Å². The quantitative estimate of drug-likeness (QED) is 0.874. The predicted octanol–water partition coefficient (Wildman–Crippen LogP) is 3.80. The number of hydrogen-bond donors (Lipinski definition) is 1. The molecule has 2 aromatic rings. The zero-order chi connectivity index (χ0) is 17.1. The van der Waals surface area contributed by atoms with Gasteiger partial charge in [-0.3, -0.25) is 9.78 Å². The van der Waals surface area contributed by atoms with Gasteiger partial charge in [0, 0.05) is 30.8 Å². The topological polar surface area (TPSA) is 54.5 Å². The number of fused-ring (bicyclic) bond motifs is 1. The van der Waals surface area contributed by atoms with Crippen LogP contribution in [0.1, 0.15) is 28.5 Å². The van der Waals surface area contributed by atoms with Crippen LogP contribution in [0.4, 0.5) is 5.69 Å². The number of halogens is 2. The van der Waals surface area contributed by atoms with E-state index in [0.29, 0.717) is 28.6 Å². The van der Waals surface area contributed by atoms with Crippen molar-refractivity contribution < 1.29 is 9.53 Å². The maximum Gasteiger partial charge on any atom is 0.255 e. The Hall–Kier alpha value is -1.82. The van der Waals surface area contributed by atoms with Crippen LogP contribution >= 0.6 is 24.0 Å². The van der Waals surface area contributed by atoms with Gasteiger partial charge in [0.2, 0.25) is 0 Å². The number of amides is 1. The maximum atomic E-state index is 12.4. The summed E-state index contributed by atoms with van der Waals surface area (Å²) < 4.78 is 5.38. The van der Waals surface area contributed by atoms with Crippen molar-refractivity contribution in [2.24, 2.45) is 0 Å². The number of nitrogens with one attached hydrogen (secondary N) is 1. The summed E-state index contributed by atoms with van der Waals surface area (Å²) in [5.74, 6) is 0.361. The molecule has 25 heavy (non-hydrogen) atoms. The SMILES string of the molecule is CCOc1ccc(C(=O)Nc2cnc3c(c2)CN(C)CC3)cc1Cl.Cl. The van der Waals surface area contributed by atoms with E-state index < -0.39 is 0 Å². The smallest absolute Gasteiger partial charge is 0.255 e. The lowest BCUT2D eigenvalue weighted by atomic mass is 10.1. The van der Waals surface area contributed by atoms with Gasteiger partial charge in [-0.05, 0) is 43.8 Å². The Morgan fingerprint density at radius 3 is 2.92 bits per heavy atom. The highest BCUT2D eigenvalue weighted by Gasteiger charge is 2.16. The van der Waals surface area contributed by atoms with Crippen molar-refractivity contribution in [3.8, 4) is 5.75 Å². The summed E-state index contributed by atoms with van der Waals surface area (Å²) in [6.45, 7) is 4.27. The van der Waals surface area contributed by atoms with Gasteiger partial charge in [0.25, 0.3) is 5.91 Å². The second kappa shape index (κ2) is 8.52. The number of hydrogen-bond acceptors (Lipinski definition) is 4. The molecule has 1 aliphatic heterocycles. The molecule has 1 N–H and O–H groups in total. The zero-order valence-corrected chi connectivity index (χ0v) is 15.8. The number of benzene rings is 1. The Balaban J connectivity index is 0.00000225. The highest BCUT2D eigenvalue weighted by atomic mass is 35.5. The van der Waals surface area contributed by atoms with Gasteiger partial charge in [0.15, 0.2) is 0 Å². The van der Waals surface area contributed by atoms with Crippen LogP contribution in [-0.4, -0.2) is 36.0 Å². The van der Waals surface area contributed by atoms with E-state index in [2.05, 4.69) is 22.2 Å². The third-order valence-electron chi connectivity index (χ3n) is 3.98. The monoisotopic (exact) mass is 381 g/mol. The third kappa shape index (κ3) is 4.63. The van der Waals surface area contributed by atoms with Gasteiger partial charge >= 0.3 is 0 Å². The van der Waals surface area contributed by atoms with E-state index in [1.807, 2.05) is 13.0 Å². The number of nitrogens with zero attached hydrogens (tertiary/aromatic N) is 2. The lowest BCUT2D eigenvalue weighted by Gasteiger charge is -2.24. The van der Waals surface area contributed by atoms with Gasteiger partial charge in [-0.15, -0.1) is 12.4 Å². The fourth-order valence-corrected chi connectivity index (χ4v) is 2.99. The minimum Gasteiger partial charge on any atom is -0.492 e. The summed E-state index contributed by atoms with van der Waals surface area (Å²) in [4.78, 5) is 19.1. The molecule has 0 unspecified atom stereocenters. The first-order chi connectivity index (χ1) is 11.6. The van der Waals surface area contributed by atoms with Crippen molar-refractivity contribution in [2.75, 3.05) is 25.5 Å². The average molecular weight is 382 g/mol. The van der Waals surface area contributed by atoms with Crippen LogP contribution in [0, 0.1) is 0 Å². The summed E-state index contributed by atoms with van der Waals surface area (Å²) >= 11 is 6.14. The molecule has 0 fully saturated rings. The second-order valence-corrected chi connectivity index (χ2v) is 6.26. The van der Waals surface area contributed by atoms with E-state index in [4.69, 9.17) is 16.3 Å². The van der Waals surface area contributed by atoms with Crippen molar-refractivity contribution in [3.63, 3.8) is 0 Å². The van der Waals surface area contributed by atoms with E-state index in [-0.39, 0.29) is 18.3 Å². The Kier molecular flexibility index (Phi) is 6.64. The van der Waals surface area contributed by atoms with E-state index >= 15 is 0 Å². The molecule has 5 nitrogen and oxygen atoms in total. The number of aromatic nitrogens is 1. The average Bonchev–Trinajstić information content (AvgIpc) is 2.56. The fraction of sp³-hybridized carbons (Fsp3) is 0.333. The molecule has 1 aliphatic rings. The molecule has 0 radical (unpaired) electrons. The number of carbonyl (C=O) groups excluding carboxylic acids is 1. The number of anilines is 1.